The molecule has 4 aromatic rings. The average molecular weight is 446 g/mol. The fourth-order valence-corrected chi connectivity index (χ4v) is 3.75. The van der Waals surface area contributed by atoms with Crippen LogP contribution < -0.4 is 0 Å². The summed E-state index contributed by atoms with van der Waals surface area (Å²) in [5.41, 5.74) is 5.74. The Labute approximate surface area is 190 Å². The van der Waals surface area contributed by atoms with Crippen LogP contribution >= 0.6 is 11.6 Å². The Bertz CT molecular complexity index is 1280. The van der Waals surface area contributed by atoms with Gasteiger partial charge < -0.3 is 5.11 Å². The lowest BCUT2D eigenvalue weighted by Crippen LogP contribution is -2.06. The van der Waals surface area contributed by atoms with Gasteiger partial charge in [0.1, 0.15) is 5.69 Å². The zero-order valence-electron chi connectivity index (χ0n) is 17.3. The van der Waals surface area contributed by atoms with Crippen LogP contribution in [0.15, 0.2) is 73.1 Å². The van der Waals surface area contributed by atoms with Crippen LogP contribution in [0.4, 0.5) is 0 Å². The molecule has 2 aromatic heterocycles. The molecule has 0 bridgehead atoms. The Morgan fingerprint density at radius 3 is 2.41 bits per heavy atom. The number of hydrogen-bond acceptors (Lipinski definition) is 4. The van der Waals surface area contributed by atoms with Gasteiger partial charge in [0.25, 0.3) is 0 Å². The van der Waals surface area contributed by atoms with Crippen LogP contribution in [0, 0.1) is 6.92 Å². The molecule has 0 fully saturated rings. The van der Waals surface area contributed by atoms with Crippen LogP contribution in [0.2, 0.25) is 5.02 Å². The quantitative estimate of drug-likeness (QED) is 0.373. The second-order valence-electron chi connectivity index (χ2n) is 7.39. The van der Waals surface area contributed by atoms with Gasteiger partial charge >= 0.3 is 5.97 Å². The van der Waals surface area contributed by atoms with Gasteiger partial charge in [0.15, 0.2) is 5.78 Å². The number of carboxylic acids is 1. The van der Waals surface area contributed by atoms with Crippen LogP contribution in [-0.2, 0) is 4.79 Å². The molecule has 0 amide bonds. The molecule has 6 nitrogen and oxygen atoms in total. The van der Waals surface area contributed by atoms with Crippen molar-refractivity contribution in [3.8, 4) is 28.1 Å². The van der Waals surface area contributed by atoms with Crippen molar-refractivity contribution < 1.29 is 14.7 Å². The van der Waals surface area contributed by atoms with Gasteiger partial charge in [-0.3, -0.25) is 14.6 Å². The van der Waals surface area contributed by atoms with Crippen molar-refractivity contribution in [3.05, 3.63) is 89.3 Å². The van der Waals surface area contributed by atoms with E-state index in [1.807, 2.05) is 55.5 Å². The fraction of sp³-hybridized carbons (Fsp3) is 0.120. The zero-order valence-corrected chi connectivity index (χ0v) is 18.1. The zero-order chi connectivity index (χ0) is 22.7. The van der Waals surface area contributed by atoms with E-state index in [-0.39, 0.29) is 24.3 Å². The number of carbonyl (C=O) groups is 2. The van der Waals surface area contributed by atoms with Crippen LogP contribution in [0.1, 0.15) is 28.9 Å². The summed E-state index contributed by atoms with van der Waals surface area (Å²) in [6, 6.07) is 19.1. The topological polar surface area (TPSA) is 85.1 Å². The predicted octanol–water partition coefficient (Wildman–Crippen LogP) is 5.61. The maximum Gasteiger partial charge on any atom is 0.303 e. The Morgan fingerprint density at radius 2 is 1.75 bits per heavy atom. The van der Waals surface area contributed by atoms with Crippen molar-refractivity contribution in [2.45, 2.75) is 19.8 Å². The van der Waals surface area contributed by atoms with E-state index in [9.17, 15) is 9.59 Å². The second kappa shape index (κ2) is 9.16. The minimum atomic E-state index is -1.02. The first-order valence-electron chi connectivity index (χ1n) is 10.0. The molecule has 0 saturated heterocycles. The summed E-state index contributed by atoms with van der Waals surface area (Å²) < 4.78 is 1.66. The second-order valence-corrected chi connectivity index (χ2v) is 7.83. The fourth-order valence-electron chi connectivity index (χ4n) is 3.52. The minimum Gasteiger partial charge on any atom is -0.481 e. The first kappa shape index (κ1) is 21.5. The molecule has 160 valence electrons. The molecule has 0 aliphatic rings. The van der Waals surface area contributed by atoms with E-state index in [0.29, 0.717) is 10.7 Å². The lowest BCUT2D eigenvalue weighted by atomic mass is 9.99. The van der Waals surface area contributed by atoms with Gasteiger partial charge in [-0.05, 0) is 53.9 Å². The normalized spacial score (nSPS) is 10.8. The monoisotopic (exact) mass is 445 g/mol. The van der Waals surface area contributed by atoms with Gasteiger partial charge in [-0.15, -0.1) is 0 Å². The van der Waals surface area contributed by atoms with Crippen LogP contribution in [0.5, 0.6) is 0 Å². The number of pyridine rings is 1. The maximum atomic E-state index is 12.5. The highest BCUT2D eigenvalue weighted by atomic mass is 35.5. The Balaban J connectivity index is 1.73. The molecule has 32 heavy (non-hydrogen) atoms. The van der Waals surface area contributed by atoms with E-state index in [1.165, 1.54) is 0 Å². The smallest absolute Gasteiger partial charge is 0.303 e. The molecule has 1 N–H and O–H groups in total. The van der Waals surface area contributed by atoms with Crippen LogP contribution in [0.25, 0.3) is 28.1 Å². The highest BCUT2D eigenvalue weighted by Crippen LogP contribution is 2.30. The molecular weight excluding hydrogens is 426 g/mol. The van der Waals surface area contributed by atoms with Crippen molar-refractivity contribution in [2.24, 2.45) is 0 Å². The molecule has 4 rings (SSSR count). The number of carboxylic acid groups (broad SMARTS) is 1. The summed E-state index contributed by atoms with van der Waals surface area (Å²) in [7, 11) is 0. The molecule has 7 heteroatoms. The van der Waals surface area contributed by atoms with E-state index in [4.69, 9.17) is 16.7 Å². The lowest BCUT2D eigenvalue weighted by molar-refractivity contribution is -0.136. The van der Waals surface area contributed by atoms with Crippen molar-refractivity contribution in [1.82, 2.24) is 14.8 Å². The number of nitrogens with zero attached hydrogens (tertiary/aromatic N) is 3. The van der Waals surface area contributed by atoms with Crippen LogP contribution in [-0.4, -0.2) is 31.6 Å². The summed E-state index contributed by atoms with van der Waals surface area (Å²) in [6.45, 7) is 2.02. The molecular formula is C25H20ClN3O3. The van der Waals surface area contributed by atoms with Gasteiger partial charge in [0.05, 0.1) is 24.0 Å². The van der Waals surface area contributed by atoms with Crippen molar-refractivity contribution >= 4 is 23.4 Å². The van der Waals surface area contributed by atoms with Crippen molar-refractivity contribution in [3.63, 3.8) is 0 Å². The SMILES string of the molecule is Cc1cc(Cl)ccc1-c1ccc(-c2cc(C(=O)CCC(=O)O)nn2-c2cccnc2)cc1. The number of hydrogen-bond donors (Lipinski definition) is 1. The number of aliphatic carboxylic acids is 1. The summed E-state index contributed by atoms with van der Waals surface area (Å²) in [5, 5.41) is 14.0. The van der Waals surface area contributed by atoms with Crippen molar-refractivity contribution in [1.29, 1.82) is 0 Å². The maximum absolute atomic E-state index is 12.5. The third kappa shape index (κ3) is 4.60. The number of carbonyl (C=O) groups excluding carboxylic acids is 1. The highest BCUT2D eigenvalue weighted by Gasteiger charge is 2.18. The first-order valence-corrected chi connectivity index (χ1v) is 10.4. The summed E-state index contributed by atoms with van der Waals surface area (Å²) in [5.74, 6) is -1.33. The standard InChI is InChI=1S/C25H20ClN3O3/c1-16-13-19(26)8-9-21(16)17-4-6-18(7-5-17)23-14-22(24(30)10-11-25(31)32)28-29(23)20-3-2-12-27-15-20/h2-9,12-15H,10-11H2,1H3,(H,31,32). The summed E-state index contributed by atoms with van der Waals surface area (Å²) in [4.78, 5) is 27.5. The molecule has 0 radical (unpaired) electrons. The van der Waals surface area contributed by atoms with Gasteiger partial charge in [0.2, 0.25) is 0 Å². The third-order valence-electron chi connectivity index (χ3n) is 5.13. The largest absolute Gasteiger partial charge is 0.481 e. The Hall–Kier alpha value is -3.77. The number of aryl methyl sites for hydroxylation is 1. The summed E-state index contributed by atoms with van der Waals surface area (Å²) >= 11 is 6.08. The third-order valence-corrected chi connectivity index (χ3v) is 5.37. The molecule has 0 atom stereocenters. The summed E-state index contributed by atoms with van der Waals surface area (Å²) in [6.07, 6.45) is 2.99. The van der Waals surface area contributed by atoms with Gasteiger partial charge in [-0.1, -0.05) is 41.9 Å². The Kier molecular flexibility index (Phi) is 6.14. The number of benzene rings is 2. The number of rotatable bonds is 7. The Morgan fingerprint density at radius 1 is 1.00 bits per heavy atom. The van der Waals surface area contributed by atoms with E-state index < -0.39 is 5.97 Å². The average Bonchev–Trinajstić information content (AvgIpc) is 3.24. The highest BCUT2D eigenvalue weighted by molar-refractivity contribution is 6.30. The predicted molar refractivity (Wildman–Crippen MR) is 123 cm³/mol. The molecule has 0 aliphatic carbocycles. The van der Waals surface area contributed by atoms with Gasteiger partial charge in [0, 0.05) is 23.2 Å². The molecule has 2 aromatic carbocycles. The van der Waals surface area contributed by atoms with E-state index in [0.717, 1.165) is 27.9 Å². The molecule has 0 spiro atoms. The van der Waals surface area contributed by atoms with Gasteiger partial charge in [-0.25, -0.2) is 4.68 Å². The number of Topliss-reactive ketones (excluding diaryl/α,β-unsaturated/α-hetero) is 1. The van der Waals surface area contributed by atoms with Crippen LogP contribution in [0.3, 0.4) is 0 Å². The van der Waals surface area contributed by atoms with Gasteiger partial charge in [-0.2, -0.15) is 5.10 Å². The van der Waals surface area contributed by atoms with E-state index in [2.05, 4.69) is 10.1 Å². The minimum absolute atomic E-state index is 0.104. The number of halogens is 1. The lowest BCUT2D eigenvalue weighted by Gasteiger charge is -2.10. The molecule has 0 aliphatic heterocycles. The number of ketones is 1. The molecule has 0 saturated carbocycles. The molecule has 0 unspecified atom stereocenters. The van der Waals surface area contributed by atoms with E-state index in [1.54, 1.807) is 29.2 Å². The van der Waals surface area contributed by atoms with E-state index >= 15 is 0 Å². The van der Waals surface area contributed by atoms with Crippen molar-refractivity contribution in [2.75, 3.05) is 0 Å². The molecule has 2 heterocycles. The number of aromatic nitrogens is 3. The first-order chi connectivity index (χ1) is 15.4.